The van der Waals surface area contributed by atoms with Crippen molar-refractivity contribution in [1.82, 2.24) is 5.32 Å². The van der Waals surface area contributed by atoms with Crippen molar-refractivity contribution in [3.05, 3.63) is 32.7 Å². The van der Waals surface area contributed by atoms with Crippen LogP contribution in [0.1, 0.15) is 24.9 Å². The second kappa shape index (κ2) is 6.32. The number of rotatable bonds is 3. The Balaban J connectivity index is 2.94. The summed E-state index contributed by atoms with van der Waals surface area (Å²) >= 11 is 7.00. The summed E-state index contributed by atoms with van der Waals surface area (Å²) in [6, 6.07) is 6.48. The molecule has 0 aliphatic carbocycles. The maximum absolute atomic E-state index is 3.56. The summed E-state index contributed by atoms with van der Waals surface area (Å²) < 4.78 is 2.18. The number of benzene rings is 1. The first-order chi connectivity index (χ1) is 7.19. The highest BCUT2D eigenvalue weighted by atomic mass is 79.9. The average Bonchev–Trinajstić information content (AvgIpc) is 2.21. The minimum absolute atomic E-state index is 0.278. The van der Waals surface area contributed by atoms with E-state index >= 15 is 0 Å². The molecule has 0 fully saturated rings. The Kier molecular flexibility index (Phi) is 5.38. The van der Waals surface area contributed by atoms with E-state index in [1.807, 2.05) is 20.0 Å². The van der Waals surface area contributed by atoms with Crippen LogP contribution in [0.25, 0.3) is 0 Å². The van der Waals surface area contributed by atoms with Crippen molar-refractivity contribution in [2.45, 2.75) is 19.4 Å². The Morgan fingerprint density at radius 2 is 2.13 bits per heavy atom. The highest BCUT2D eigenvalue weighted by molar-refractivity contribution is 9.11. The number of hydrogen-bond acceptors (Lipinski definition) is 1. The van der Waals surface area contributed by atoms with Crippen molar-refractivity contribution in [2.24, 2.45) is 0 Å². The molecule has 3 heteroatoms. The number of nitrogens with one attached hydrogen (secondary N) is 1. The van der Waals surface area contributed by atoms with E-state index in [2.05, 4.69) is 61.2 Å². The van der Waals surface area contributed by atoms with Gasteiger partial charge in [-0.05, 0) is 31.7 Å². The molecule has 0 aromatic heterocycles. The third-order valence-corrected chi connectivity index (χ3v) is 3.35. The monoisotopic (exact) mass is 329 g/mol. The molecule has 1 unspecified atom stereocenters. The molecule has 0 heterocycles. The molecule has 0 spiro atoms. The second-order valence-electron chi connectivity index (χ2n) is 3.14. The van der Waals surface area contributed by atoms with Gasteiger partial charge in [0.1, 0.15) is 0 Å². The number of halogens is 2. The van der Waals surface area contributed by atoms with Crippen molar-refractivity contribution >= 4 is 31.9 Å². The van der Waals surface area contributed by atoms with E-state index in [1.54, 1.807) is 0 Å². The molecule has 0 bridgehead atoms. The standard InChI is InChI=1S/C12H13Br2N/c1-3-4-5-12(15-2)10-7-6-9(13)8-11(10)14/h6-8,12,15H,5H2,1-2H3. The van der Waals surface area contributed by atoms with Gasteiger partial charge in [0.05, 0.1) is 0 Å². The second-order valence-corrected chi connectivity index (χ2v) is 4.91. The summed E-state index contributed by atoms with van der Waals surface area (Å²) in [5.74, 6) is 6.01. The van der Waals surface area contributed by atoms with E-state index in [4.69, 9.17) is 0 Å². The van der Waals surface area contributed by atoms with Crippen LogP contribution in [0.2, 0.25) is 0 Å². The zero-order valence-corrected chi connectivity index (χ0v) is 11.9. The first-order valence-corrected chi connectivity index (χ1v) is 6.29. The molecular formula is C12H13Br2N. The van der Waals surface area contributed by atoms with Gasteiger partial charge in [-0.3, -0.25) is 0 Å². The van der Waals surface area contributed by atoms with Crippen LogP contribution in [0.4, 0.5) is 0 Å². The highest BCUT2D eigenvalue weighted by Gasteiger charge is 2.11. The minimum atomic E-state index is 0.278. The average molecular weight is 331 g/mol. The molecule has 0 saturated carbocycles. The van der Waals surface area contributed by atoms with E-state index < -0.39 is 0 Å². The molecule has 1 aromatic rings. The first-order valence-electron chi connectivity index (χ1n) is 4.71. The number of hydrogen-bond donors (Lipinski definition) is 1. The molecule has 0 amide bonds. The van der Waals surface area contributed by atoms with Crippen LogP contribution in [-0.4, -0.2) is 7.05 Å². The van der Waals surface area contributed by atoms with Crippen molar-refractivity contribution in [3.8, 4) is 11.8 Å². The normalized spacial score (nSPS) is 11.7. The lowest BCUT2D eigenvalue weighted by atomic mass is 10.0. The molecule has 1 rings (SSSR count). The van der Waals surface area contributed by atoms with Gasteiger partial charge in [0, 0.05) is 21.4 Å². The summed E-state index contributed by atoms with van der Waals surface area (Å²) in [5, 5.41) is 3.27. The van der Waals surface area contributed by atoms with Crippen LogP contribution in [0.5, 0.6) is 0 Å². The van der Waals surface area contributed by atoms with Crippen LogP contribution < -0.4 is 5.32 Å². The van der Waals surface area contributed by atoms with Gasteiger partial charge < -0.3 is 5.32 Å². The van der Waals surface area contributed by atoms with Crippen LogP contribution in [-0.2, 0) is 0 Å². The topological polar surface area (TPSA) is 12.0 Å². The van der Waals surface area contributed by atoms with E-state index in [0.717, 1.165) is 15.4 Å². The third-order valence-electron chi connectivity index (χ3n) is 2.17. The lowest BCUT2D eigenvalue weighted by Crippen LogP contribution is -2.16. The molecule has 0 radical (unpaired) electrons. The molecule has 15 heavy (non-hydrogen) atoms. The van der Waals surface area contributed by atoms with Gasteiger partial charge in [-0.1, -0.05) is 37.9 Å². The summed E-state index contributed by atoms with van der Waals surface area (Å²) in [6.07, 6.45) is 0.827. The Labute approximate surface area is 108 Å². The zero-order chi connectivity index (χ0) is 11.3. The lowest BCUT2D eigenvalue weighted by molar-refractivity contribution is 0.609. The zero-order valence-electron chi connectivity index (χ0n) is 8.77. The van der Waals surface area contributed by atoms with Gasteiger partial charge in [-0.25, -0.2) is 0 Å². The van der Waals surface area contributed by atoms with E-state index in [9.17, 15) is 0 Å². The highest BCUT2D eigenvalue weighted by Crippen LogP contribution is 2.28. The Morgan fingerprint density at radius 1 is 1.40 bits per heavy atom. The largest absolute Gasteiger partial charge is 0.312 e. The fourth-order valence-electron chi connectivity index (χ4n) is 1.36. The van der Waals surface area contributed by atoms with Gasteiger partial charge in [0.15, 0.2) is 0 Å². The molecule has 1 aromatic carbocycles. The Morgan fingerprint density at radius 3 is 2.67 bits per heavy atom. The van der Waals surface area contributed by atoms with Crippen molar-refractivity contribution in [3.63, 3.8) is 0 Å². The molecule has 0 aliphatic heterocycles. The summed E-state index contributed by atoms with van der Waals surface area (Å²) in [5.41, 5.74) is 1.24. The SMILES string of the molecule is CC#CCC(NC)c1ccc(Br)cc1Br. The predicted octanol–water partition coefficient (Wildman–Crippen LogP) is 3.89. The van der Waals surface area contributed by atoms with E-state index in [0.29, 0.717) is 0 Å². The van der Waals surface area contributed by atoms with Crippen molar-refractivity contribution in [1.29, 1.82) is 0 Å². The third kappa shape index (κ3) is 3.64. The van der Waals surface area contributed by atoms with Crippen LogP contribution in [0, 0.1) is 11.8 Å². The van der Waals surface area contributed by atoms with Crippen molar-refractivity contribution in [2.75, 3.05) is 7.05 Å². The molecule has 1 N–H and O–H groups in total. The molecule has 1 nitrogen and oxygen atoms in total. The maximum Gasteiger partial charge on any atom is 0.0439 e. The lowest BCUT2D eigenvalue weighted by Gasteiger charge is -2.15. The van der Waals surface area contributed by atoms with Crippen LogP contribution in [0.15, 0.2) is 27.1 Å². The van der Waals surface area contributed by atoms with Crippen molar-refractivity contribution < 1.29 is 0 Å². The van der Waals surface area contributed by atoms with E-state index in [-0.39, 0.29) is 6.04 Å². The van der Waals surface area contributed by atoms with Gasteiger partial charge in [-0.15, -0.1) is 11.8 Å². The predicted molar refractivity (Wildman–Crippen MR) is 71.7 cm³/mol. The molecular weight excluding hydrogens is 318 g/mol. The molecule has 80 valence electrons. The summed E-state index contributed by atoms with van der Waals surface area (Å²) in [4.78, 5) is 0. The van der Waals surface area contributed by atoms with Gasteiger partial charge in [0.25, 0.3) is 0 Å². The van der Waals surface area contributed by atoms with E-state index in [1.165, 1.54) is 5.56 Å². The maximum atomic E-state index is 3.56. The van der Waals surface area contributed by atoms with Gasteiger partial charge in [0.2, 0.25) is 0 Å². The summed E-state index contributed by atoms with van der Waals surface area (Å²) in [7, 11) is 1.95. The Hall–Kier alpha value is -0.300. The minimum Gasteiger partial charge on any atom is -0.312 e. The fraction of sp³-hybridized carbons (Fsp3) is 0.333. The fourth-order valence-corrected chi connectivity index (χ4v) is 2.68. The molecule has 0 aliphatic rings. The van der Waals surface area contributed by atoms with Gasteiger partial charge >= 0.3 is 0 Å². The Bertz CT molecular complexity index is 390. The summed E-state index contributed by atoms with van der Waals surface area (Å²) in [6.45, 7) is 1.86. The quantitative estimate of drug-likeness (QED) is 0.829. The van der Waals surface area contributed by atoms with Crippen LogP contribution in [0.3, 0.4) is 0 Å². The molecule has 1 atom stereocenters. The first kappa shape index (κ1) is 12.8. The molecule has 0 saturated heterocycles. The smallest absolute Gasteiger partial charge is 0.0439 e. The van der Waals surface area contributed by atoms with Gasteiger partial charge in [-0.2, -0.15) is 0 Å². The van der Waals surface area contributed by atoms with Crippen LogP contribution >= 0.6 is 31.9 Å².